The summed E-state index contributed by atoms with van der Waals surface area (Å²) in [7, 11) is 4.50. The maximum Gasteiger partial charge on any atom is 0.271 e. The number of benzene rings is 1. The van der Waals surface area contributed by atoms with E-state index in [9.17, 15) is 4.79 Å². The second kappa shape index (κ2) is 8.16. The van der Waals surface area contributed by atoms with Crippen LogP contribution >= 0.6 is 27.3 Å². The molecule has 128 valence electrons. The zero-order valence-corrected chi connectivity index (χ0v) is 16.1. The van der Waals surface area contributed by atoms with Gasteiger partial charge in [-0.05, 0) is 47.1 Å². The van der Waals surface area contributed by atoms with Gasteiger partial charge in [0, 0.05) is 5.56 Å². The van der Waals surface area contributed by atoms with Gasteiger partial charge in [0.15, 0.2) is 11.5 Å². The molecule has 0 unspecified atom stereocenters. The molecule has 1 amide bonds. The number of methoxy groups -OCH3 is 3. The molecule has 1 aromatic carbocycles. The highest BCUT2D eigenvalue weighted by atomic mass is 79.9. The van der Waals surface area contributed by atoms with Crippen molar-refractivity contribution in [3.63, 3.8) is 0 Å². The number of halogens is 1. The molecule has 1 N–H and O–H groups in total. The van der Waals surface area contributed by atoms with Crippen LogP contribution in [-0.4, -0.2) is 32.9 Å². The first-order valence-electron chi connectivity index (χ1n) is 6.90. The second-order valence-corrected chi connectivity index (χ2v) is 7.12. The molecule has 2 rings (SSSR count). The van der Waals surface area contributed by atoms with Crippen molar-refractivity contribution in [3.8, 4) is 17.2 Å². The Kier molecular flexibility index (Phi) is 6.22. The molecule has 2 aromatic rings. The second-order valence-electron chi connectivity index (χ2n) is 4.66. The normalized spacial score (nSPS) is 11.1. The number of ether oxygens (including phenoxy) is 3. The Morgan fingerprint density at radius 1 is 1.12 bits per heavy atom. The maximum absolute atomic E-state index is 12.3. The largest absolute Gasteiger partial charge is 0.493 e. The molecule has 0 atom stereocenters. The van der Waals surface area contributed by atoms with Gasteiger partial charge in [-0.2, -0.15) is 5.10 Å². The number of rotatable bonds is 6. The summed E-state index contributed by atoms with van der Waals surface area (Å²) in [5.41, 5.74) is 3.60. The van der Waals surface area contributed by atoms with Crippen molar-refractivity contribution in [1.29, 1.82) is 0 Å². The average Bonchev–Trinajstić information content (AvgIpc) is 3.04. The van der Waals surface area contributed by atoms with Crippen molar-refractivity contribution in [1.82, 2.24) is 5.43 Å². The van der Waals surface area contributed by atoms with E-state index < -0.39 is 0 Å². The van der Waals surface area contributed by atoms with Crippen LogP contribution in [0, 0.1) is 0 Å². The molecule has 0 aliphatic heterocycles. The van der Waals surface area contributed by atoms with Crippen molar-refractivity contribution in [2.24, 2.45) is 5.10 Å². The average molecular weight is 413 g/mol. The standard InChI is InChI=1S/C16H17BrN2O4S/c1-9(13-5-6-14(17)24-13)18-19-16(20)10-7-11(21-2)15(23-4)12(8-10)22-3/h5-8H,1-4H3,(H,19,20)/b18-9+. The predicted octanol–water partition coefficient (Wildman–Crippen LogP) is 3.69. The minimum atomic E-state index is -0.371. The monoisotopic (exact) mass is 412 g/mol. The number of thiophene rings is 1. The van der Waals surface area contributed by atoms with Gasteiger partial charge in [0.05, 0.1) is 35.7 Å². The van der Waals surface area contributed by atoms with Crippen LogP contribution in [0.25, 0.3) is 0 Å². The van der Waals surface area contributed by atoms with E-state index in [2.05, 4.69) is 26.5 Å². The number of carbonyl (C=O) groups is 1. The van der Waals surface area contributed by atoms with E-state index in [1.165, 1.54) is 32.7 Å². The third kappa shape index (κ3) is 4.07. The Morgan fingerprint density at radius 2 is 1.75 bits per heavy atom. The zero-order chi connectivity index (χ0) is 17.7. The summed E-state index contributed by atoms with van der Waals surface area (Å²) in [4.78, 5) is 13.3. The van der Waals surface area contributed by atoms with E-state index in [4.69, 9.17) is 14.2 Å². The molecular weight excluding hydrogens is 396 g/mol. The summed E-state index contributed by atoms with van der Waals surface area (Å²) < 4.78 is 16.7. The molecule has 0 aliphatic rings. The third-order valence-electron chi connectivity index (χ3n) is 3.18. The van der Waals surface area contributed by atoms with E-state index in [0.717, 1.165) is 8.66 Å². The van der Waals surface area contributed by atoms with Gasteiger partial charge in [0.1, 0.15) is 0 Å². The van der Waals surface area contributed by atoms with E-state index in [1.807, 2.05) is 19.1 Å². The fourth-order valence-corrected chi connectivity index (χ4v) is 3.31. The van der Waals surface area contributed by atoms with Crippen LogP contribution in [-0.2, 0) is 0 Å². The molecule has 1 heterocycles. The van der Waals surface area contributed by atoms with E-state index in [0.29, 0.717) is 28.5 Å². The van der Waals surface area contributed by atoms with Crippen LogP contribution in [0.3, 0.4) is 0 Å². The van der Waals surface area contributed by atoms with Crippen molar-refractivity contribution in [2.75, 3.05) is 21.3 Å². The Labute approximate surface area is 152 Å². The van der Waals surface area contributed by atoms with Gasteiger partial charge in [-0.3, -0.25) is 4.79 Å². The molecule has 0 bridgehead atoms. The Bertz CT molecular complexity index is 748. The lowest BCUT2D eigenvalue weighted by atomic mass is 10.1. The molecule has 0 saturated heterocycles. The first kappa shape index (κ1) is 18.3. The van der Waals surface area contributed by atoms with Gasteiger partial charge in [-0.25, -0.2) is 5.43 Å². The van der Waals surface area contributed by atoms with Crippen molar-refractivity contribution in [2.45, 2.75) is 6.92 Å². The number of hydrazone groups is 1. The molecule has 24 heavy (non-hydrogen) atoms. The highest BCUT2D eigenvalue weighted by Crippen LogP contribution is 2.38. The topological polar surface area (TPSA) is 69.2 Å². The van der Waals surface area contributed by atoms with Crippen LogP contribution < -0.4 is 19.6 Å². The van der Waals surface area contributed by atoms with Crippen molar-refractivity contribution in [3.05, 3.63) is 38.5 Å². The maximum atomic E-state index is 12.3. The molecule has 0 spiro atoms. The fraction of sp³-hybridized carbons (Fsp3) is 0.250. The van der Waals surface area contributed by atoms with E-state index in [1.54, 1.807) is 12.1 Å². The summed E-state index contributed by atoms with van der Waals surface area (Å²) in [6.07, 6.45) is 0. The smallest absolute Gasteiger partial charge is 0.271 e. The molecule has 0 radical (unpaired) electrons. The number of hydrogen-bond donors (Lipinski definition) is 1. The predicted molar refractivity (Wildman–Crippen MR) is 97.8 cm³/mol. The van der Waals surface area contributed by atoms with Gasteiger partial charge in [-0.1, -0.05) is 0 Å². The SMILES string of the molecule is COc1cc(C(=O)N/N=C(\C)c2ccc(Br)s2)cc(OC)c1OC. The van der Waals surface area contributed by atoms with E-state index >= 15 is 0 Å². The molecule has 1 aromatic heterocycles. The summed E-state index contributed by atoms with van der Waals surface area (Å²) in [5.74, 6) is 0.874. The molecule has 0 fully saturated rings. The fourth-order valence-electron chi connectivity index (χ4n) is 1.98. The van der Waals surface area contributed by atoms with Gasteiger partial charge in [0.2, 0.25) is 5.75 Å². The van der Waals surface area contributed by atoms with Crippen molar-refractivity contribution >= 4 is 38.9 Å². The van der Waals surface area contributed by atoms with Crippen LogP contribution in [0.4, 0.5) is 0 Å². The molecule has 0 saturated carbocycles. The lowest BCUT2D eigenvalue weighted by Gasteiger charge is -2.13. The Morgan fingerprint density at radius 3 is 2.21 bits per heavy atom. The van der Waals surface area contributed by atoms with E-state index in [-0.39, 0.29) is 5.91 Å². The van der Waals surface area contributed by atoms with Crippen LogP contribution in [0.2, 0.25) is 0 Å². The molecular formula is C16H17BrN2O4S. The quantitative estimate of drug-likeness (QED) is 0.580. The highest BCUT2D eigenvalue weighted by Gasteiger charge is 2.17. The minimum Gasteiger partial charge on any atom is -0.493 e. The van der Waals surface area contributed by atoms with Crippen LogP contribution in [0.5, 0.6) is 17.2 Å². The Balaban J connectivity index is 2.23. The van der Waals surface area contributed by atoms with Crippen molar-refractivity contribution < 1.29 is 19.0 Å². The lowest BCUT2D eigenvalue weighted by molar-refractivity contribution is 0.0954. The number of amides is 1. The molecule has 6 nitrogen and oxygen atoms in total. The minimum absolute atomic E-state index is 0.355. The van der Waals surface area contributed by atoms with Gasteiger partial charge in [0.25, 0.3) is 5.91 Å². The number of hydrogen-bond acceptors (Lipinski definition) is 6. The summed E-state index contributed by atoms with van der Waals surface area (Å²) in [5, 5.41) is 4.13. The van der Waals surface area contributed by atoms with Crippen LogP contribution in [0.15, 0.2) is 33.2 Å². The van der Waals surface area contributed by atoms with Gasteiger partial charge < -0.3 is 14.2 Å². The lowest BCUT2D eigenvalue weighted by Crippen LogP contribution is -2.19. The number of nitrogens with one attached hydrogen (secondary N) is 1. The Hall–Kier alpha value is -2.06. The molecule has 0 aliphatic carbocycles. The number of carbonyl (C=O) groups excluding carboxylic acids is 1. The molecule has 8 heteroatoms. The van der Waals surface area contributed by atoms with Gasteiger partial charge in [-0.15, -0.1) is 11.3 Å². The van der Waals surface area contributed by atoms with Crippen LogP contribution in [0.1, 0.15) is 22.2 Å². The number of nitrogens with zero attached hydrogens (tertiary/aromatic N) is 1. The van der Waals surface area contributed by atoms with Gasteiger partial charge >= 0.3 is 0 Å². The zero-order valence-electron chi connectivity index (χ0n) is 13.7. The summed E-state index contributed by atoms with van der Waals surface area (Å²) in [6.45, 7) is 1.83. The third-order valence-corrected chi connectivity index (χ3v) is 4.91. The summed E-state index contributed by atoms with van der Waals surface area (Å²) in [6, 6.07) is 7.01. The summed E-state index contributed by atoms with van der Waals surface area (Å²) >= 11 is 4.94. The first-order chi connectivity index (χ1) is 11.5. The first-order valence-corrected chi connectivity index (χ1v) is 8.51. The highest BCUT2D eigenvalue weighted by molar-refractivity contribution is 9.11.